The van der Waals surface area contributed by atoms with E-state index in [2.05, 4.69) is 35.8 Å². The first kappa shape index (κ1) is 18.2. The fourth-order valence-corrected chi connectivity index (χ4v) is 4.04. The summed E-state index contributed by atoms with van der Waals surface area (Å²) < 4.78 is 8.05. The number of nitrogens with one attached hydrogen (secondary N) is 1. The van der Waals surface area contributed by atoms with Gasteiger partial charge in [-0.25, -0.2) is 4.98 Å². The molecule has 0 bridgehead atoms. The Morgan fingerprint density at radius 1 is 1.30 bits per heavy atom. The summed E-state index contributed by atoms with van der Waals surface area (Å²) in [6.45, 7) is 4.63. The molecule has 2 aromatic heterocycles. The van der Waals surface area contributed by atoms with E-state index in [9.17, 15) is 5.11 Å². The van der Waals surface area contributed by atoms with Crippen LogP contribution >= 0.6 is 11.8 Å². The van der Waals surface area contributed by atoms with Crippen molar-refractivity contribution in [3.8, 4) is 5.88 Å². The number of imidazole rings is 1. The molecule has 0 saturated heterocycles. The van der Waals surface area contributed by atoms with Gasteiger partial charge in [-0.2, -0.15) is 11.8 Å². The van der Waals surface area contributed by atoms with Gasteiger partial charge >= 0.3 is 0 Å². The Hall–Kier alpha value is -2.18. The van der Waals surface area contributed by atoms with Gasteiger partial charge in [-0.05, 0) is 25.7 Å². The van der Waals surface area contributed by atoms with Gasteiger partial charge in [-0.1, -0.05) is 30.3 Å². The number of aromatic hydroxyl groups is 1. The zero-order valence-electron chi connectivity index (χ0n) is 15.9. The molecule has 142 valence electrons. The number of hydrogen-bond donors (Lipinski definition) is 2. The highest BCUT2D eigenvalue weighted by Crippen LogP contribution is 2.44. The van der Waals surface area contributed by atoms with Gasteiger partial charge in [0.15, 0.2) is 11.5 Å². The summed E-state index contributed by atoms with van der Waals surface area (Å²) in [4.78, 5) is 4.73. The van der Waals surface area contributed by atoms with E-state index in [0.717, 1.165) is 40.5 Å². The van der Waals surface area contributed by atoms with E-state index in [1.165, 1.54) is 5.56 Å². The van der Waals surface area contributed by atoms with Gasteiger partial charge in [0.05, 0.1) is 30.1 Å². The number of hydrogen-bond acceptors (Lipinski definition) is 5. The third-order valence-corrected chi connectivity index (χ3v) is 5.87. The lowest BCUT2D eigenvalue weighted by molar-refractivity contribution is 0.0516. The van der Waals surface area contributed by atoms with Crippen LogP contribution in [0.15, 0.2) is 36.4 Å². The minimum absolute atomic E-state index is 0.0770. The van der Waals surface area contributed by atoms with Crippen molar-refractivity contribution in [2.45, 2.75) is 32.4 Å². The molecule has 0 unspecified atom stereocenters. The minimum Gasteiger partial charge on any atom is -0.494 e. The molecule has 0 spiro atoms. The van der Waals surface area contributed by atoms with E-state index in [1.54, 1.807) is 11.8 Å². The molecule has 3 aromatic rings. The SMILES string of the molecule is CSCCO[C@H]1C[C@H](c2ccccc2)Nc2c1cc(O)n1c(C)c(C)nc21. The van der Waals surface area contributed by atoms with Gasteiger partial charge in [-0.3, -0.25) is 4.40 Å². The van der Waals surface area contributed by atoms with Crippen molar-refractivity contribution in [3.63, 3.8) is 0 Å². The molecule has 1 aliphatic heterocycles. The maximum Gasteiger partial charge on any atom is 0.197 e. The number of benzene rings is 1. The quantitative estimate of drug-likeness (QED) is 0.629. The molecule has 5 nitrogen and oxygen atoms in total. The summed E-state index contributed by atoms with van der Waals surface area (Å²) in [7, 11) is 0. The Balaban J connectivity index is 1.82. The first-order valence-electron chi connectivity index (χ1n) is 9.23. The van der Waals surface area contributed by atoms with Crippen LogP contribution in [0.2, 0.25) is 0 Å². The van der Waals surface area contributed by atoms with E-state index in [4.69, 9.17) is 9.72 Å². The molecule has 1 aliphatic rings. The van der Waals surface area contributed by atoms with E-state index < -0.39 is 0 Å². The fraction of sp³-hybridized carbons (Fsp3) is 0.381. The van der Waals surface area contributed by atoms with Crippen molar-refractivity contribution >= 4 is 23.1 Å². The monoisotopic (exact) mass is 383 g/mol. The standard InChI is InChI=1S/C21H25N3O2S/c1-13-14(2)24-19(25)11-16-18(26-9-10-27-3)12-17(15-7-5-4-6-8-15)23-20(16)21(24)22-13/h4-8,11,17-18,23,25H,9-10,12H2,1-3H3/t17-,18+/m1/s1. The van der Waals surface area contributed by atoms with Crippen LogP contribution in [-0.2, 0) is 4.74 Å². The number of thioether (sulfide) groups is 1. The second kappa shape index (κ2) is 7.44. The maximum atomic E-state index is 10.6. The Bertz CT molecular complexity index is 955. The molecule has 1 aromatic carbocycles. The molecule has 0 amide bonds. The molecule has 27 heavy (non-hydrogen) atoms. The van der Waals surface area contributed by atoms with Crippen molar-refractivity contribution in [1.29, 1.82) is 0 Å². The Labute approximate surface area is 163 Å². The van der Waals surface area contributed by atoms with Gasteiger partial charge in [-0.15, -0.1) is 0 Å². The highest BCUT2D eigenvalue weighted by atomic mass is 32.2. The van der Waals surface area contributed by atoms with E-state index in [-0.39, 0.29) is 18.0 Å². The first-order valence-corrected chi connectivity index (χ1v) is 10.6. The van der Waals surface area contributed by atoms with Crippen molar-refractivity contribution in [2.24, 2.45) is 0 Å². The van der Waals surface area contributed by atoms with Crippen LogP contribution in [0.25, 0.3) is 5.65 Å². The number of pyridine rings is 1. The molecule has 0 saturated carbocycles. The summed E-state index contributed by atoms with van der Waals surface area (Å²) in [5, 5.41) is 14.3. The predicted molar refractivity (Wildman–Crippen MR) is 111 cm³/mol. The van der Waals surface area contributed by atoms with Crippen LogP contribution in [0.5, 0.6) is 5.88 Å². The maximum absolute atomic E-state index is 10.6. The molecule has 0 aliphatic carbocycles. The Morgan fingerprint density at radius 3 is 2.81 bits per heavy atom. The number of ether oxygens (including phenoxy) is 1. The largest absolute Gasteiger partial charge is 0.494 e. The molecule has 0 fully saturated rings. The lowest BCUT2D eigenvalue weighted by Gasteiger charge is -2.34. The lowest BCUT2D eigenvalue weighted by Crippen LogP contribution is -2.24. The van der Waals surface area contributed by atoms with Gasteiger partial charge < -0.3 is 15.2 Å². The van der Waals surface area contributed by atoms with E-state index in [1.807, 2.05) is 30.4 Å². The predicted octanol–water partition coefficient (Wildman–Crippen LogP) is 4.63. The molecule has 2 N–H and O–H groups in total. The molecule has 6 heteroatoms. The summed E-state index contributed by atoms with van der Waals surface area (Å²) in [5.41, 5.74) is 5.81. The number of aryl methyl sites for hydroxylation is 2. The normalized spacial score (nSPS) is 19.1. The zero-order chi connectivity index (χ0) is 19.0. The van der Waals surface area contributed by atoms with Gasteiger partial charge in [0.2, 0.25) is 0 Å². The highest BCUT2D eigenvalue weighted by molar-refractivity contribution is 7.98. The minimum atomic E-state index is -0.0770. The van der Waals surface area contributed by atoms with Crippen molar-refractivity contribution < 1.29 is 9.84 Å². The average Bonchev–Trinajstić information content (AvgIpc) is 2.99. The number of aromatic nitrogens is 2. The van der Waals surface area contributed by atoms with Gasteiger partial charge in [0, 0.05) is 29.5 Å². The van der Waals surface area contributed by atoms with Crippen molar-refractivity contribution in [2.75, 3.05) is 23.9 Å². The lowest BCUT2D eigenvalue weighted by atomic mass is 9.91. The molecule has 0 radical (unpaired) electrons. The van der Waals surface area contributed by atoms with Crippen LogP contribution in [0, 0.1) is 13.8 Å². The van der Waals surface area contributed by atoms with Crippen LogP contribution in [0.4, 0.5) is 5.69 Å². The first-order chi connectivity index (χ1) is 13.1. The zero-order valence-corrected chi connectivity index (χ0v) is 16.7. The second-order valence-corrected chi connectivity index (χ2v) is 7.96. The average molecular weight is 384 g/mol. The van der Waals surface area contributed by atoms with Crippen LogP contribution in [-0.4, -0.2) is 33.1 Å². The van der Waals surface area contributed by atoms with Crippen molar-refractivity contribution in [3.05, 3.63) is 58.9 Å². The van der Waals surface area contributed by atoms with Gasteiger partial charge in [0.1, 0.15) is 0 Å². The van der Waals surface area contributed by atoms with Crippen LogP contribution < -0.4 is 5.32 Å². The molecule has 2 atom stereocenters. The molecular weight excluding hydrogens is 358 g/mol. The highest BCUT2D eigenvalue weighted by Gasteiger charge is 2.31. The number of rotatable bonds is 5. The van der Waals surface area contributed by atoms with Crippen molar-refractivity contribution in [1.82, 2.24) is 9.38 Å². The summed E-state index contributed by atoms with van der Waals surface area (Å²) >= 11 is 1.77. The van der Waals surface area contributed by atoms with E-state index >= 15 is 0 Å². The van der Waals surface area contributed by atoms with Gasteiger partial charge in [0.25, 0.3) is 0 Å². The topological polar surface area (TPSA) is 58.8 Å². The number of nitrogens with zero attached hydrogens (tertiary/aromatic N) is 2. The summed E-state index contributed by atoms with van der Waals surface area (Å²) in [6, 6.07) is 12.4. The Morgan fingerprint density at radius 2 is 2.07 bits per heavy atom. The molecule has 4 rings (SSSR count). The van der Waals surface area contributed by atoms with Crippen LogP contribution in [0.1, 0.15) is 41.1 Å². The number of fused-ring (bicyclic) bond motifs is 3. The Kier molecular flexibility index (Phi) is 5.02. The van der Waals surface area contributed by atoms with E-state index in [0.29, 0.717) is 6.61 Å². The second-order valence-electron chi connectivity index (χ2n) is 6.97. The molecule has 3 heterocycles. The smallest absolute Gasteiger partial charge is 0.197 e. The third kappa shape index (κ3) is 3.28. The fourth-order valence-electron chi connectivity index (χ4n) is 3.78. The number of anilines is 1. The summed E-state index contributed by atoms with van der Waals surface area (Å²) in [6.07, 6.45) is 2.82. The third-order valence-electron chi connectivity index (χ3n) is 5.29. The molecular formula is C21H25N3O2S. The van der Waals surface area contributed by atoms with Crippen LogP contribution in [0.3, 0.4) is 0 Å². The summed E-state index contributed by atoms with van der Waals surface area (Å²) in [5.74, 6) is 1.16.